The fraction of sp³-hybridized carbons (Fsp3) is 0.0714. The standard InChI is InChI=1S/C14H14N2O/c15-14-7-6-13(17)8-12(14)10-16-9-11-4-2-1-3-5-11/h1-8,10,15-17H,9H2/b12-10-,15-14?. The molecule has 1 aromatic rings. The third kappa shape index (κ3) is 3.08. The van der Waals surface area contributed by atoms with E-state index in [1.807, 2.05) is 30.3 Å². The highest BCUT2D eigenvalue weighted by molar-refractivity contribution is 6.09. The number of hydrogen-bond acceptors (Lipinski definition) is 3. The molecular weight excluding hydrogens is 212 g/mol. The van der Waals surface area contributed by atoms with E-state index in [-0.39, 0.29) is 5.76 Å². The highest BCUT2D eigenvalue weighted by Gasteiger charge is 2.05. The summed E-state index contributed by atoms with van der Waals surface area (Å²) in [6.45, 7) is 0.704. The Morgan fingerprint density at radius 3 is 2.71 bits per heavy atom. The van der Waals surface area contributed by atoms with Crippen molar-refractivity contribution in [2.75, 3.05) is 0 Å². The van der Waals surface area contributed by atoms with Gasteiger partial charge in [-0.2, -0.15) is 0 Å². The smallest absolute Gasteiger partial charge is 0.116 e. The zero-order valence-electron chi connectivity index (χ0n) is 9.35. The van der Waals surface area contributed by atoms with E-state index in [1.165, 1.54) is 11.6 Å². The van der Waals surface area contributed by atoms with E-state index in [9.17, 15) is 5.11 Å². The molecule has 0 saturated carbocycles. The van der Waals surface area contributed by atoms with E-state index in [0.717, 1.165) is 0 Å². The molecule has 1 aliphatic rings. The van der Waals surface area contributed by atoms with E-state index in [0.29, 0.717) is 17.8 Å². The van der Waals surface area contributed by atoms with E-state index < -0.39 is 0 Å². The molecule has 0 saturated heterocycles. The quantitative estimate of drug-likeness (QED) is 0.742. The van der Waals surface area contributed by atoms with Crippen LogP contribution in [0, 0.1) is 5.41 Å². The van der Waals surface area contributed by atoms with Gasteiger partial charge in [-0.15, -0.1) is 0 Å². The summed E-state index contributed by atoms with van der Waals surface area (Å²) in [7, 11) is 0. The zero-order valence-corrected chi connectivity index (χ0v) is 9.35. The van der Waals surface area contributed by atoms with Crippen LogP contribution in [-0.2, 0) is 6.54 Å². The van der Waals surface area contributed by atoms with Crippen molar-refractivity contribution >= 4 is 5.71 Å². The lowest BCUT2D eigenvalue weighted by atomic mass is 10.1. The molecule has 0 radical (unpaired) electrons. The third-order valence-electron chi connectivity index (χ3n) is 2.44. The Morgan fingerprint density at radius 2 is 1.94 bits per heavy atom. The first kappa shape index (κ1) is 11.2. The largest absolute Gasteiger partial charge is 0.508 e. The molecule has 0 aliphatic heterocycles. The Morgan fingerprint density at radius 1 is 1.18 bits per heavy atom. The Bertz CT molecular complexity index is 498. The summed E-state index contributed by atoms with van der Waals surface area (Å²) >= 11 is 0. The van der Waals surface area contributed by atoms with Gasteiger partial charge in [0.05, 0.1) is 5.71 Å². The molecule has 3 heteroatoms. The highest BCUT2D eigenvalue weighted by Crippen LogP contribution is 2.10. The topological polar surface area (TPSA) is 56.1 Å². The van der Waals surface area contributed by atoms with Gasteiger partial charge in [-0.1, -0.05) is 30.3 Å². The summed E-state index contributed by atoms with van der Waals surface area (Å²) in [4.78, 5) is 0. The second-order valence-electron chi connectivity index (χ2n) is 3.78. The minimum Gasteiger partial charge on any atom is -0.508 e. The number of hydrogen-bond donors (Lipinski definition) is 3. The summed E-state index contributed by atoms with van der Waals surface area (Å²) in [5.74, 6) is 0.175. The van der Waals surface area contributed by atoms with Crippen LogP contribution < -0.4 is 5.32 Å². The van der Waals surface area contributed by atoms with Gasteiger partial charge in [-0.3, -0.25) is 0 Å². The molecule has 0 bridgehead atoms. The minimum atomic E-state index is 0.175. The van der Waals surface area contributed by atoms with Crippen LogP contribution in [0.25, 0.3) is 0 Å². The Balaban J connectivity index is 1.98. The summed E-state index contributed by atoms with van der Waals surface area (Å²) < 4.78 is 0. The lowest BCUT2D eigenvalue weighted by Gasteiger charge is -2.07. The zero-order chi connectivity index (χ0) is 12.1. The maximum Gasteiger partial charge on any atom is 0.116 e. The predicted octanol–water partition coefficient (Wildman–Crippen LogP) is 2.69. The average Bonchev–Trinajstić information content (AvgIpc) is 2.35. The number of allylic oxidation sites excluding steroid dienone is 4. The third-order valence-corrected chi connectivity index (χ3v) is 2.44. The second-order valence-corrected chi connectivity index (χ2v) is 3.78. The van der Waals surface area contributed by atoms with Crippen molar-refractivity contribution in [3.63, 3.8) is 0 Å². The van der Waals surface area contributed by atoms with Crippen molar-refractivity contribution in [3.8, 4) is 0 Å². The molecule has 0 spiro atoms. The fourth-order valence-corrected chi connectivity index (χ4v) is 1.54. The van der Waals surface area contributed by atoms with Gasteiger partial charge in [0, 0.05) is 18.3 Å². The van der Waals surface area contributed by atoms with Crippen LogP contribution >= 0.6 is 0 Å². The first-order valence-electron chi connectivity index (χ1n) is 5.41. The normalized spacial score (nSPS) is 17.1. The van der Waals surface area contributed by atoms with Crippen LogP contribution in [0.5, 0.6) is 0 Å². The van der Waals surface area contributed by atoms with Crippen molar-refractivity contribution < 1.29 is 5.11 Å². The SMILES string of the molecule is N=C1C=CC(O)=C/C1=C/NCc1ccccc1. The van der Waals surface area contributed by atoms with Crippen molar-refractivity contribution in [1.82, 2.24) is 5.32 Å². The Labute approximate surface area is 100 Å². The molecule has 86 valence electrons. The predicted molar refractivity (Wildman–Crippen MR) is 68.9 cm³/mol. The molecule has 1 aromatic carbocycles. The summed E-state index contributed by atoms with van der Waals surface area (Å²) in [6, 6.07) is 10.0. The highest BCUT2D eigenvalue weighted by atomic mass is 16.3. The van der Waals surface area contributed by atoms with Crippen molar-refractivity contribution in [2.45, 2.75) is 6.54 Å². The molecule has 0 atom stereocenters. The number of rotatable bonds is 3. The number of aliphatic hydroxyl groups excluding tert-OH is 1. The van der Waals surface area contributed by atoms with Gasteiger partial charge in [0.2, 0.25) is 0 Å². The minimum absolute atomic E-state index is 0.175. The molecule has 3 nitrogen and oxygen atoms in total. The van der Waals surface area contributed by atoms with E-state index in [4.69, 9.17) is 5.41 Å². The molecule has 0 amide bonds. The molecule has 3 N–H and O–H groups in total. The maximum atomic E-state index is 9.32. The molecular formula is C14H14N2O. The van der Waals surface area contributed by atoms with Gasteiger partial charge in [0.15, 0.2) is 0 Å². The lowest BCUT2D eigenvalue weighted by molar-refractivity contribution is 0.432. The monoisotopic (exact) mass is 226 g/mol. The first-order valence-corrected chi connectivity index (χ1v) is 5.41. The van der Waals surface area contributed by atoms with Gasteiger partial charge >= 0.3 is 0 Å². The number of nitrogens with one attached hydrogen (secondary N) is 2. The molecule has 0 heterocycles. The Kier molecular flexibility index (Phi) is 3.40. The molecule has 2 rings (SSSR count). The summed E-state index contributed by atoms with van der Waals surface area (Å²) in [5, 5.41) is 20.1. The molecule has 0 fully saturated rings. The number of aliphatic hydroxyl groups is 1. The van der Waals surface area contributed by atoms with Crippen molar-refractivity contribution in [3.05, 3.63) is 71.7 Å². The lowest BCUT2D eigenvalue weighted by Crippen LogP contribution is -2.09. The van der Waals surface area contributed by atoms with Gasteiger partial charge in [0.1, 0.15) is 5.76 Å². The van der Waals surface area contributed by atoms with Crippen molar-refractivity contribution in [1.29, 1.82) is 5.41 Å². The molecule has 1 aliphatic carbocycles. The van der Waals surface area contributed by atoms with Crippen molar-refractivity contribution in [2.24, 2.45) is 0 Å². The van der Waals surface area contributed by atoms with Gasteiger partial charge in [-0.25, -0.2) is 0 Å². The van der Waals surface area contributed by atoms with Crippen LogP contribution in [0.1, 0.15) is 5.56 Å². The van der Waals surface area contributed by atoms with E-state index in [2.05, 4.69) is 5.32 Å². The van der Waals surface area contributed by atoms with E-state index in [1.54, 1.807) is 18.4 Å². The van der Waals surface area contributed by atoms with E-state index >= 15 is 0 Å². The molecule has 17 heavy (non-hydrogen) atoms. The molecule has 0 unspecified atom stereocenters. The number of benzene rings is 1. The van der Waals surface area contributed by atoms with Crippen LogP contribution in [0.3, 0.4) is 0 Å². The molecule has 0 aromatic heterocycles. The van der Waals surface area contributed by atoms with Gasteiger partial charge < -0.3 is 15.8 Å². The fourth-order valence-electron chi connectivity index (χ4n) is 1.54. The first-order chi connectivity index (χ1) is 8.25. The Hall–Kier alpha value is -2.29. The van der Waals surface area contributed by atoms with Crippen LogP contribution in [0.4, 0.5) is 0 Å². The summed E-state index contributed by atoms with van der Waals surface area (Å²) in [5.41, 5.74) is 2.25. The van der Waals surface area contributed by atoms with Gasteiger partial charge in [-0.05, 0) is 23.8 Å². The van der Waals surface area contributed by atoms with Gasteiger partial charge in [0.25, 0.3) is 0 Å². The summed E-state index contributed by atoms with van der Waals surface area (Å²) in [6.07, 6.45) is 6.40. The van der Waals surface area contributed by atoms with Crippen LogP contribution in [-0.4, -0.2) is 10.8 Å². The van der Waals surface area contributed by atoms with Crippen LogP contribution in [0.15, 0.2) is 66.1 Å². The maximum absolute atomic E-state index is 9.32. The second kappa shape index (κ2) is 5.16. The average molecular weight is 226 g/mol. The van der Waals surface area contributed by atoms with Crippen LogP contribution in [0.2, 0.25) is 0 Å².